The number of benzene rings is 1. The molecule has 0 radical (unpaired) electrons. The van der Waals surface area contributed by atoms with Gasteiger partial charge in [0.2, 0.25) is 0 Å². The maximum Gasteiger partial charge on any atom is 0 e. The molecule has 1 unspecified atom stereocenters. The second-order valence-electron chi connectivity index (χ2n) is 5.56. The number of rotatable bonds is 1. The third kappa shape index (κ3) is 9.45. The molecular formula is C24H37Hf-7. The first kappa shape index (κ1) is 35.3. The Balaban J connectivity index is -0.000000108. The molecule has 0 aromatic heterocycles. The Morgan fingerprint density at radius 2 is 1.36 bits per heavy atom. The van der Waals surface area contributed by atoms with Gasteiger partial charge in [0.1, 0.15) is 0 Å². The van der Waals surface area contributed by atoms with Crippen LogP contribution in [0.5, 0.6) is 0 Å². The zero-order valence-corrected chi connectivity index (χ0v) is 21.4. The Hall–Kier alpha value is -0.820. The van der Waals surface area contributed by atoms with E-state index in [9.17, 15) is 0 Å². The second kappa shape index (κ2) is 16.6. The molecule has 0 saturated heterocycles. The molecule has 0 heterocycles. The van der Waals surface area contributed by atoms with Crippen molar-refractivity contribution in [2.75, 3.05) is 0 Å². The van der Waals surface area contributed by atoms with Gasteiger partial charge in [-0.25, -0.2) is 18.2 Å². The third-order valence-corrected chi connectivity index (χ3v) is 3.68. The smallest absolute Gasteiger partial charge is 0 e. The average Bonchev–Trinajstić information content (AvgIpc) is 3.01. The van der Waals surface area contributed by atoms with E-state index >= 15 is 0 Å². The summed E-state index contributed by atoms with van der Waals surface area (Å²) in [5.74, 6) is 1.15. The van der Waals surface area contributed by atoms with Crippen LogP contribution in [0.4, 0.5) is 0 Å². The first-order chi connectivity index (χ1) is 9.09. The summed E-state index contributed by atoms with van der Waals surface area (Å²) in [6.45, 7) is 8.88. The normalized spacial score (nSPS) is 12.3. The van der Waals surface area contributed by atoms with Gasteiger partial charge < -0.3 is 37.1 Å². The predicted octanol–water partition coefficient (Wildman–Crippen LogP) is 7.53. The maximum atomic E-state index is 3.45. The van der Waals surface area contributed by atoms with Crippen molar-refractivity contribution in [3.8, 4) is 0 Å². The first-order valence-corrected chi connectivity index (χ1v) is 6.96. The van der Waals surface area contributed by atoms with Gasteiger partial charge in [-0.2, -0.15) is 23.8 Å². The molecule has 3 rings (SSSR count). The summed E-state index contributed by atoms with van der Waals surface area (Å²) in [6, 6.07) is 14.6. The van der Waals surface area contributed by atoms with Gasteiger partial charge in [-0.15, -0.1) is 11.6 Å². The molecule has 2 aromatic rings. The summed E-state index contributed by atoms with van der Waals surface area (Å²) in [4.78, 5) is 0. The summed E-state index contributed by atoms with van der Waals surface area (Å²) in [5, 5.41) is 0. The van der Waals surface area contributed by atoms with Crippen molar-refractivity contribution in [3.05, 3.63) is 108 Å². The Morgan fingerprint density at radius 3 is 1.76 bits per heavy atom. The minimum absolute atomic E-state index is 0. The van der Waals surface area contributed by atoms with Crippen molar-refractivity contribution in [2.24, 2.45) is 5.92 Å². The summed E-state index contributed by atoms with van der Waals surface area (Å²) in [7, 11) is 0. The fourth-order valence-corrected chi connectivity index (χ4v) is 2.40. The number of hydrogen-bond donors (Lipinski definition) is 0. The standard InChI is InChI=1S/C14H17.C5H5.5CH3.Hf/c1-9(2)13-6-5-12-7-10(3)11(4)8-14(12)13;1-2-4-5-3-1;;;;;;/h5,7-9,13H,1-4H3;1-5H;5*1H3;/q7*-1;. The van der Waals surface area contributed by atoms with Crippen molar-refractivity contribution >= 4 is 6.08 Å². The van der Waals surface area contributed by atoms with E-state index in [0.717, 1.165) is 0 Å². The largest absolute Gasteiger partial charge is 0.358 e. The monoisotopic (exact) mass is 505 g/mol. The van der Waals surface area contributed by atoms with Gasteiger partial charge in [0.05, 0.1) is 0 Å². The van der Waals surface area contributed by atoms with E-state index in [1.807, 2.05) is 30.3 Å². The summed E-state index contributed by atoms with van der Waals surface area (Å²) in [5.41, 5.74) is 5.60. The Bertz CT molecular complexity index is 531. The van der Waals surface area contributed by atoms with Gasteiger partial charge >= 0.3 is 0 Å². The number of hydrogen-bond acceptors (Lipinski definition) is 0. The molecule has 0 fully saturated rings. The maximum absolute atomic E-state index is 3.45. The van der Waals surface area contributed by atoms with E-state index in [2.05, 4.69) is 52.0 Å². The molecule has 0 saturated carbocycles. The minimum Gasteiger partial charge on any atom is -0.358 e. The van der Waals surface area contributed by atoms with Crippen LogP contribution in [0.3, 0.4) is 0 Å². The Kier molecular flexibility index (Phi) is 23.5. The third-order valence-electron chi connectivity index (χ3n) is 3.68. The van der Waals surface area contributed by atoms with Gasteiger partial charge in [0.15, 0.2) is 0 Å². The molecule has 1 heteroatoms. The fraction of sp³-hybridized carbons (Fsp3) is 0.250. The van der Waals surface area contributed by atoms with Crippen molar-refractivity contribution in [1.29, 1.82) is 0 Å². The van der Waals surface area contributed by atoms with Crippen LogP contribution in [0.2, 0.25) is 0 Å². The van der Waals surface area contributed by atoms with Crippen LogP contribution in [0.25, 0.3) is 6.08 Å². The van der Waals surface area contributed by atoms with Gasteiger partial charge in [0, 0.05) is 25.8 Å². The average molecular weight is 504 g/mol. The summed E-state index contributed by atoms with van der Waals surface area (Å²) < 4.78 is 0. The molecule has 0 nitrogen and oxygen atoms in total. The van der Waals surface area contributed by atoms with Gasteiger partial charge in [-0.3, -0.25) is 6.08 Å². The van der Waals surface area contributed by atoms with Gasteiger partial charge in [-0.05, 0) is 13.8 Å². The molecule has 0 N–H and O–H groups in total. The van der Waals surface area contributed by atoms with E-state index < -0.39 is 0 Å². The predicted molar refractivity (Wildman–Crippen MR) is 115 cm³/mol. The van der Waals surface area contributed by atoms with Crippen LogP contribution in [-0.2, 0) is 25.8 Å². The number of aryl methyl sites for hydroxylation is 2. The molecule has 2 aromatic carbocycles. The van der Waals surface area contributed by atoms with Crippen LogP contribution in [0, 0.1) is 63.0 Å². The summed E-state index contributed by atoms with van der Waals surface area (Å²) in [6.07, 6.45) is 5.60. The fourth-order valence-electron chi connectivity index (χ4n) is 2.40. The molecule has 0 amide bonds. The topological polar surface area (TPSA) is 0 Å². The minimum atomic E-state index is 0. The van der Waals surface area contributed by atoms with Crippen LogP contribution in [-0.4, -0.2) is 0 Å². The molecule has 25 heavy (non-hydrogen) atoms. The molecule has 0 spiro atoms. The zero-order chi connectivity index (χ0) is 13.8. The van der Waals surface area contributed by atoms with Crippen molar-refractivity contribution in [3.63, 3.8) is 0 Å². The molecule has 0 aliphatic heterocycles. The Morgan fingerprint density at radius 1 is 0.880 bits per heavy atom. The zero-order valence-electron chi connectivity index (χ0n) is 17.8. The second-order valence-corrected chi connectivity index (χ2v) is 5.56. The molecule has 0 bridgehead atoms. The first-order valence-electron chi connectivity index (χ1n) is 6.96. The van der Waals surface area contributed by atoms with E-state index in [4.69, 9.17) is 0 Å². The molecule has 144 valence electrons. The molecule has 1 aliphatic rings. The van der Waals surface area contributed by atoms with Crippen molar-refractivity contribution in [2.45, 2.75) is 33.6 Å². The van der Waals surface area contributed by atoms with Crippen LogP contribution in [0.15, 0.2) is 42.5 Å². The van der Waals surface area contributed by atoms with Gasteiger partial charge in [-0.1, -0.05) is 42.9 Å². The molecular weight excluding hydrogens is 467 g/mol. The molecule has 1 atom stereocenters. The Labute approximate surface area is 178 Å². The molecule has 1 aliphatic carbocycles. The van der Waals surface area contributed by atoms with E-state index in [1.165, 1.54) is 22.3 Å². The van der Waals surface area contributed by atoms with E-state index in [0.29, 0.717) is 11.8 Å². The van der Waals surface area contributed by atoms with Crippen LogP contribution < -0.4 is 0 Å². The van der Waals surface area contributed by atoms with E-state index in [-0.39, 0.29) is 63.0 Å². The van der Waals surface area contributed by atoms with Crippen molar-refractivity contribution in [1.82, 2.24) is 0 Å². The van der Waals surface area contributed by atoms with E-state index in [1.54, 1.807) is 0 Å². The number of fused-ring (bicyclic) bond motifs is 1. The summed E-state index contributed by atoms with van der Waals surface area (Å²) >= 11 is 0. The van der Waals surface area contributed by atoms with Crippen molar-refractivity contribution < 1.29 is 25.8 Å². The van der Waals surface area contributed by atoms with Crippen LogP contribution >= 0.6 is 0 Å². The number of allylic oxidation sites excluding steroid dienone is 1. The quantitative estimate of drug-likeness (QED) is 0.279. The SMILES string of the molecule is Cc1cc2c(cc1C)C(C(C)C)[C-]=C2.[CH3-].[CH3-].[CH3-].[CH3-].[CH3-].[Hf].c1cc[cH-]c1. The van der Waals surface area contributed by atoms with Crippen LogP contribution in [0.1, 0.15) is 42.0 Å². The van der Waals surface area contributed by atoms with Gasteiger partial charge in [0.25, 0.3) is 0 Å².